The van der Waals surface area contributed by atoms with Gasteiger partial charge in [-0.05, 0) is 12.8 Å². The van der Waals surface area contributed by atoms with Gasteiger partial charge in [-0.3, -0.25) is 0 Å². The van der Waals surface area contributed by atoms with E-state index in [1.165, 1.54) is 0 Å². The molecule has 0 N–H and O–H groups in total. The molecule has 0 radical (unpaired) electrons. The average Bonchev–Trinajstić information content (AvgIpc) is 2.13. The Morgan fingerprint density at radius 2 is 2.33 bits per heavy atom. The Balaban J connectivity index is 2.45. The molecule has 1 fully saturated rings. The van der Waals surface area contributed by atoms with E-state index >= 15 is 0 Å². The molecule has 2 unspecified atom stereocenters. The van der Waals surface area contributed by atoms with Gasteiger partial charge in [-0.25, -0.2) is 0 Å². The highest BCUT2D eigenvalue weighted by Gasteiger charge is 2.33. The van der Waals surface area contributed by atoms with Crippen molar-refractivity contribution in [3.63, 3.8) is 0 Å². The molecular weight excluding hydrogens is 116 g/mol. The maximum absolute atomic E-state index is 5.38. The second-order valence-electron chi connectivity index (χ2n) is 2.96. The molecule has 54 valence electrons. The second-order valence-corrected chi connectivity index (χ2v) is 2.96. The third kappa shape index (κ3) is 1.43. The fourth-order valence-electron chi connectivity index (χ4n) is 1.21. The second kappa shape index (κ2) is 2.27. The van der Waals surface area contributed by atoms with Crippen molar-refractivity contribution in [2.24, 2.45) is 5.92 Å². The van der Waals surface area contributed by atoms with E-state index < -0.39 is 0 Å². The number of ether oxygens (including phenoxy) is 2. The molecule has 0 aromatic heterocycles. The molecule has 1 rings (SSSR count). The lowest BCUT2D eigenvalue weighted by atomic mass is 10.1. The van der Waals surface area contributed by atoms with E-state index in [9.17, 15) is 0 Å². The first-order chi connectivity index (χ1) is 4.16. The van der Waals surface area contributed by atoms with E-state index in [0.717, 1.165) is 13.0 Å². The molecule has 0 aromatic rings. The standard InChI is InChI=1S/C7H14O2/c1-6-4-7(2,8-3)9-5-6/h6H,4-5H2,1-3H3. The summed E-state index contributed by atoms with van der Waals surface area (Å²) >= 11 is 0. The van der Waals surface area contributed by atoms with Crippen LogP contribution in [0.5, 0.6) is 0 Å². The largest absolute Gasteiger partial charge is 0.353 e. The van der Waals surface area contributed by atoms with Crippen molar-refractivity contribution in [3.05, 3.63) is 0 Å². The highest BCUT2D eigenvalue weighted by molar-refractivity contribution is 4.73. The van der Waals surface area contributed by atoms with Crippen LogP contribution in [0.2, 0.25) is 0 Å². The van der Waals surface area contributed by atoms with Crippen LogP contribution >= 0.6 is 0 Å². The molecule has 1 aliphatic rings. The van der Waals surface area contributed by atoms with E-state index in [-0.39, 0.29) is 5.79 Å². The zero-order valence-electron chi connectivity index (χ0n) is 6.31. The van der Waals surface area contributed by atoms with Gasteiger partial charge in [-0.15, -0.1) is 0 Å². The summed E-state index contributed by atoms with van der Waals surface area (Å²) in [4.78, 5) is 0. The molecule has 1 saturated heterocycles. The van der Waals surface area contributed by atoms with Crippen molar-refractivity contribution >= 4 is 0 Å². The fourth-order valence-corrected chi connectivity index (χ4v) is 1.21. The number of methoxy groups -OCH3 is 1. The molecule has 0 aliphatic carbocycles. The van der Waals surface area contributed by atoms with Gasteiger partial charge >= 0.3 is 0 Å². The Bertz CT molecular complexity index is 103. The van der Waals surface area contributed by atoms with Crippen molar-refractivity contribution in [2.75, 3.05) is 13.7 Å². The van der Waals surface area contributed by atoms with Gasteiger partial charge < -0.3 is 9.47 Å². The van der Waals surface area contributed by atoms with Crippen molar-refractivity contribution in [2.45, 2.75) is 26.1 Å². The first-order valence-electron chi connectivity index (χ1n) is 3.35. The Labute approximate surface area is 56.2 Å². The van der Waals surface area contributed by atoms with E-state index in [2.05, 4.69) is 6.92 Å². The van der Waals surface area contributed by atoms with Gasteiger partial charge in [0.05, 0.1) is 6.61 Å². The van der Waals surface area contributed by atoms with E-state index in [0.29, 0.717) is 5.92 Å². The minimum absolute atomic E-state index is 0.292. The summed E-state index contributed by atoms with van der Waals surface area (Å²) in [6, 6.07) is 0. The number of hydrogen-bond acceptors (Lipinski definition) is 2. The summed E-state index contributed by atoms with van der Waals surface area (Å²) in [5.74, 6) is 0.356. The SMILES string of the molecule is COC1(C)CC(C)CO1. The Hall–Kier alpha value is -0.0800. The maximum Gasteiger partial charge on any atom is 0.165 e. The van der Waals surface area contributed by atoms with Crippen LogP contribution in [0.15, 0.2) is 0 Å². The van der Waals surface area contributed by atoms with E-state index in [1.807, 2.05) is 6.92 Å². The molecule has 1 aliphatic heterocycles. The predicted molar refractivity (Wildman–Crippen MR) is 35.1 cm³/mol. The van der Waals surface area contributed by atoms with Gasteiger partial charge in [0.2, 0.25) is 0 Å². The first kappa shape index (κ1) is 7.03. The van der Waals surface area contributed by atoms with Crippen molar-refractivity contribution < 1.29 is 9.47 Å². The number of rotatable bonds is 1. The lowest BCUT2D eigenvalue weighted by Gasteiger charge is -2.20. The molecule has 2 heteroatoms. The molecule has 9 heavy (non-hydrogen) atoms. The summed E-state index contributed by atoms with van der Waals surface area (Å²) < 4.78 is 10.5. The van der Waals surface area contributed by atoms with Crippen LogP contribution in [0, 0.1) is 5.92 Å². The summed E-state index contributed by atoms with van der Waals surface area (Å²) in [5.41, 5.74) is 0. The average molecular weight is 130 g/mol. The molecule has 2 nitrogen and oxygen atoms in total. The van der Waals surface area contributed by atoms with Gasteiger partial charge in [0.1, 0.15) is 0 Å². The molecule has 0 spiro atoms. The molecule has 0 amide bonds. The normalized spacial score (nSPS) is 43.7. The Morgan fingerprint density at radius 3 is 2.56 bits per heavy atom. The Morgan fingerprint density at radius 1 is 1.67 bits per heavy atom. The van der Waals surface area contributed by atoms with Gasteiger partial charge in [0, 0.05) is 13.5 Å². The fraction of sp³-hybridized carbons (Fsp3) is 1.00. The lowest BCUT2D eigenvalue weighted by molar-refractivity contribution is -0.178. The van der Waals surface area contributed by atoms with E-state index in [4.69, 9.17) is 9.47 Å². The third-order valence-corrected chi connectivity index (χ3v) is 1.82. The molecule has 0 aromatic carbocycles. The van der Waals surface area contributed by atoms with Crippen molar-refractivity contribution in [1.82, 2.24) is 0 Å². The maximum atomic E-state index is 5.38. The third-order valence-electron chi connectivity index (χ3n) is 1.82. The molecule has 0 saturated carbocycles. The van der Waals surface area contributed by atoms with Gasteiger partial charge in [0.15, 0.2) is 5.79 Å². The summed E-state index contributed by atoms with van der Waals surface area (Å²) in [5, 5.41) is 0. The van der Waals surface area contributed by atoms with Gasteiger partial charge in [0.25, 0.3) is 0 Å². The monoisotopic (exact) mass is 130 g/mol. The zero-order valence-corrected chi connectivity index (χ0v) is 6.31. The highest BCUT2D eigenvalue weighted by Crippen LogP contribution is 2.29. The van der Waals surface area contributed by atoms with Crippen molar-refractivity contribution in [3.8, 4) is 0 Å². The van der Waals surface area contributed by atoms with Crippen LogP contribution in [-0.4, -0.2) is 19.5 Å². The van der Waals surface area contributed by atoms with Crippen LogP contribution in [-0.2, 0) is 9.47 Å². The minimum atomic E-state index is -0.292. The summed E-state index contributed by atoms with van der Waals surface area (Å²) in [6.45, 7) is 4.99. The highest BCUT2D eigenvalue weighted by atomic mass is 16.7. The van der Waals surface area contributed by atoms with Gasteiger partial charge in [-0.1, -0.05) is 6.92 Å². The van der Waals surface area contributed by atoms with E-state index in [1.54, 1.807) is 7.11 Å². The zero-order chi connectivity index (χ0) is 6.91. The quantitative estimate of drug-likeness (QED) is 0.534. The molecular formula is C7H14O2. The lowest BCUT2D eigenvalue weighted by Crippen LogP contribution is -2.25. The molecule has 2 atom stereocenters. The topological polar surface area (TPSA) is 18.5 Å². The van der Waals surface area contributed by atoms with Crippen LogP contribution in [0.3, 0.4) is 0 Å². The van der Waals surface area contributed by atoms with Crippen molar-refractivity contribution in [1.29, 1.82) is 0 Å². The van der Waals surface area contributed by atoms with Crippen LogP contribution in [0.4, 0.5) is 0 Å². The van der Waals surface area contributed by atoms with Crippen LogP contribution < -0.4 is 0 Å². The van der Waals surface area contributed by atoms with Crippen LogP contribution in [0.1, 0.15) is 20.3 Å². The first-order valence-corrected chi connectivity index (χ1v) is 3.35. The smallest absolute Gasteiger partial charge is 0.165 e. The summed E-state index contributed by atoms with van der Waals surface area (Å²) in [7, 11) is 1.69. The minimum Gasteiger partial charge on any atom is -0.353 e. The Kier molecular flexibility index (Phi) is 1.78. The van der Waals surface area contributed by atoms with Crippen LogP contribution in [0.25, 0.3) is 0 Å². The van der Waals surface area contributed by atoms with Gasteiger partial charge in [-0.2, -0.15) is 0 Å². The predicted octanol–water partition coefficient (Wildman–Crippen LogP) is 1.41. The summed E-state index contributed by atoms with van der Waals surface area (Å²) in [6.07, 6.45) is 1.02. The molecule has 0 bridgehead atoms. The number of hydrogen-bond donors (Lipinski definition) is 0. The molecule has 1 heterocycles.